The summed E-state index contributed by atoms with van der Waals surface area (Å²) >= 11 is 0. The summed E-state index contributed by atoms with van der Waals surface area (Å²) in [5.74, 6) is 1.83. The van der Waals surface area contributed by atoms with Crippen LogP contribution >= 0.6 is 0 Å². The smallest absolute Gasteiger partial charge is 0.0103 e. The van der Waals surface area contributed by atoms with Crippen LogP contribution in [0.15, 0.2) is 54.6 Å². The van der Waals surface area contributed by atoms with Crippen molar-refractivity contribution in [3.63, 3.8) is 0 Å². The summed E-state index contributed by atoms with van der Waals surface area (Å²) in [5, 5.41) is 5.61. The molecule has 0 radical (unpaired) electrons. The zero-order chi connectivity index (χ0) is 12.8. The predicted octanol–water partition coefficient (Wildman–Crippen LogP) is 5.19. The van der Waals surface area contributed by atoms with E-state index in [9.17, 15) is 0 Å². The molecule has 0 unspecified atom stereocenters. The fraction of sp³-hybridized carbons (Fsp3) is 0.263. The fourth-order valence-corrected chi connectivity index (χ4v) is 3.27. The summed E-state index contributed by atoms with van der Waals surface area (Å²) in [7, 11) is 0. The highest BCUT2D eigenvalue weighted by Crippen LogP contribution is 2.42. The zero-order valence-electron chi connectivity index (χ0n) is 11.3. The summed E-state index contributed by atoms with van der Waals surface area (Å²) in [6, 6.07) is 20.0. The van der Waals surface area contributed by atoms with E-state index in [1.807, 2.05) is 0 Å². The van der Waals surface area contributed by atoms with E-state index >= 15 is 0 Å². The molecule has 0 N–H and O–H groups in total. The highest BCUT2D eigenvalue weighted by Gasteiger charge is 2.32. The lowest BCUT2D eigenvalue weighted by Gasteiger charge is -2.10. The minimum absolute atomic E-state index is 0.907. The Hall–Kier alpha value is -1.82. The van der Waals surface area contributed by atoms with Gasteiger partial charge >= 0.3 is 0 Å². The Morgan fingerprint density at radius 2 is 1.53 bits per heavy atom. The van der Waals surface area contributed by atoms with Crippen molar-refractivity contribution < 1.29 is 0 Å². The first-order valence-electron chi connectivity index (χ1n) is 7.22. The molecule has 3 aromatic carbocycles. The summed E-state index contributed by atoms with van der Waals surface area (Å²) in [6.07, 6.45) is 2.65. The van der Waals surface area contributed by atoms with Crippen molar-refractivity contribution in [3.8, 4) is 0 Å². The average Bonchev–Trinajstić information content (AvgIpc) is 3.14. The van der Waals surface area contributed by atoms with E-state index in [1.54, 1.807) is 0 Å². The molecule has 0 heteroatoms. The van der Waals surface area contributed by atoms with Gasteiger partial charge in [-0.15, -0.1) is 0 Å². The maximum Gasteiger partial charge on any atom is -0.0103 e. The molecule has 0 amide bonds. The summed E-state index contributed by atoms with van der Waals surface area (Å²) in [4.78, 5) is 0. The van der Waals surface area contributed by atoms with Crippen LogP contribution in [0.2, 0.25) is 0 Å². The predicted molar refractivity (Wildman–Crippen MR) is 82.4 cm³/mol. The molecular weight excluding hydrogens is 228 g/mol. The molecule has 1 aliphatic rings. The van der Waals surface area contributed by atoms with Crippen LogP contribution in [0.25, 0.3) is 21.5 Å². The van der Waals surface area contributed by atoms with E-state index in [4.69, 9.17) is 0 Å². The molecule has 19 heavy (non-hydrogen) atoms. The third kappa shape index (κ3) is 1.83. The highest BCUT2D eigenvalue weighted by atomic mass is 14.4. The summed E-state index contributed by atoms with van der Waals surface area (Å²) < 4.78 is 0. The van der Waals surface area contributed by atoms with Crippen LogP contribution in [0.4, 0.5) is 0 Å². The van der Waals surface area contributed by atoms with Gasteiger partial charge < -0.3 is 0 Å². The second-order valence-electron chi connectivity index (χ2n) is 5.98. The van der Waals surface area contributed by atoms with Crippen molar-refractivity contribution in [1.29, 1.82) is 0 Å². The molecule has 0 heterocycles. The van der Waals surface area contributed by atoms with Crippen molar-refractivity contribution in [2.24, 2.45) is 11.8 Å². The Morgan fingerprint density at radius 1 is 0.895 bits per heavy atom. The fourth-order valence-electron chi connectivity index (χ4n) is 3.27. The van der Waals surface area contributed by atoms with Gasteiger partial charge in [-0.3, -0.25) is 0 Å². The molecule has 0 spiro atoms. The molecule has 2 atom stereocenters. The lowest BCUT2D eigenvalue weighted by Crippen LogP contribution is -1.92. The quantitative estimate of drug-likeness (QED) is 0.546. The van der Waals surface area contributed by atoms with Crippen LogP contribution in [0.3, 0.4) is 0 Å². The molecular formula is C19H18. The number of fused-ring (bicyclic) bond motifs is 3. The molecule has 0 bridgehead atoms. The monoisotopic (exact) mass is 246 g/mol. The maximum absolute atomic E-state index is 2.41. The molecule has 94 valence electrons. The van der Waals surface area contributed by atoms with E-state index in [0.717, 1.165) is 11.8 Å². The Morgan fingerprint density at radius 3 is 2.26 bits per heavy atom. The minimum atomic E-state index is 0.907. The molecule has 1 saturated carbocycles. The van der Waals surface area contributed by atoms with Crippen LogP contribution < -0.4 is 0 Å². The van der Waals surface area contributed by atoms with E-state index in [1.165, 1.54) is 39.9 Å². The van der Waals surface area contributed by atoms with Crippen molar-refractivity contribution in [1.82, 2.24) is 0 Å². The van der Waals surface area contributed by atoms with Crippen LogP contribution in [0.5, 0.6) is 0 Å². The third-order valence-electron chi connectivity index (χ3n) is 4.61. The molecule has 3 aromatic rings. The van der Waals surface area contributed by atoms with Crippen LogP contribution in [0, 0.1) is 11.8 Å². The van der Waals surface area contributed by atoms with Gasteiger partial charge in [-0.25, -0.2) is 0 Å². The Kier molecular flexibility index (Phi) is 2.38. The van der Waals surface area contributed by atoms with Gasteiger partial charge in [0.25, 0.3) is 0 Å². The topological polar surface area (TPSA) is 0 Å². The van der Waals surface area contributed by atoms with Gasteiger partial charge in [-0.05, 0) is 51.8 Å². The van der Waals surface area contributed by atoms with Gasteiger partial charge in [0.15, 0.2) is 0 Å². The van der Waals surface area contributed by atoms with Gasteiger partial charge in [-0.1, -0.05) is 61.5 Å². The van der Waals surface area contributed by atoms with E-state index < -0.39 is 0 Å². The highest BCUT2D eigenvalue weighted by molar-refractivity contribution is 6.08. The Bertz CT molecular complexity index is 754. The molecule has 4 rings (SSSR count). The Balaban J connectivity index is 1.98. The van der Waals surface area contributed by atoms with Gasteiger partial charge in [-0.2, -0.15) is 0 Å². The largest absolute Gasteiger partial charge is 0.0622 e. The van der Waals surface area contributed by atoms with Crippen LogP contribution in [-0.4, -0.2) is 0 Å². The lowest BCUT2D eigenvalue weighted by atomic mass is 9.94. The first-order valence-corrected chi connectivity index (χ1v) is 7.22. The molecule has 1 fully saturated rings. The standard InChI is InChI=1S/C19H18/c1-13-10-15(13)12-16-11-14-6-2-3-7-17(14)19-9-5-4-8-18(16)19/h2-9,11,13,15H,10,12H2,1H3/t13-,15+/m0/s1. The van der Waals surface area contributed by atoms with Crippen molar-refractivity contribution in [3.05, 3.63) is 60.2 Å². The second-order valence-corrected chi connectivity index (χ2v) is 5.98. The van der Waals surface area contributed by atoms with Gasteiger partial charge in [0.05, 0.1) is 0 Å². The normalized spacial score (nSPS) is 21.9. The SMILES string of the molecule is C[C@H]1C[C@@H]1Cc1cc2ccccc2c2ccccc12. The van der Waals surface area contributed by atoms with Crippen molar-refractivity contribution in [2.45, 2.75) is 19.8 Å². The lowest BCUT2D eigenvalue weighted by molar-refractivity contribution is 0.751. The van der Waals surface area contributed by atoms with Crippen molar-refractivity contribution >= 4 is 21.5 Å². The maximum atomic E-state index is 2.41. The second kappa shape index (κ2) is 4.09. The minimum Gasteiger partial charge on any atom is -0.0622 e. The van der Waals surface area contributed by atoms with E-state index in [2.05, 4.69) is 61.5 Å². The van der Waals surface area contributed by atoms with Crippen LogP contribution in [-0.2, 0) is 6.42 Å². The molecule has 0 saturated heterocycles. The number of benzene rings is 3. The number of hydrogen-bond donors (Lipinski definition) is 0. The Labute approximate surface area is 114 Å². The molecule has 1 aliphatic carbocycles. The van der Waals surface area contributed by atoms with Gasteiger partial charge in [0.2, 0.25) is 0 Å². The molecule has 0 aromatic heterocycles. The average molecular weight is 246 g/mol. The first kappa shape index (κ1) is 11.0. The van der Waals surface area contributed by atoms with Crippen molar-refractivity contribution in [2.75, 3.05) is 0 Å². The van der Waals surface area contributed by atoms with Gasteiger partial charge in [0.1, 0.15) is 0 Å². The van der Waals surface area contributed by atoms with Crippen LogP contribution in [0.1, 0.15) is 18.9 Å². The van der Waals surface area contributed by atoms with E-state index in [-0.39, 0.29) is 0 Å². The summed E-state index contributed by atoms with van der Waals surface area (Å²) in [6.45, 7) is 2.37. The zero-order valence-corrected chi connectivity index (χ0v) is 11.3. The first-order chi connectivity index (χ1) is 9.33. The summed E-state index contributed by atoms with van der Waals surface area (Å²) in [5.41, 5.74) is 1.53. The van der Waals surface area contributed by atoms with E-state index in [0.29, 0.717) is 0 Å². The van der Waals surface area contributed by atoms with Gasteiger partial charge in [0, 0.05) is 0 Å². The molecule has 0 aliphatic heterocycles. The number of rotatable bonds is 2. The number of hydrogen-bond acceptors (Lipinski definition) is 0. The molecule has 0 nitrogen and oxygen atoms in total. The third-order valence-corrected chi connectivity index (χ3v) is 4.61.